The summed E-state index contributed by atoms with van der Waals surface area (Å²) < 4.78 is 5.68. The number of carbonyl (C=O) groups is 1. The number of nitrogens with zero attached hydrogens (tertiary/aromatic N) is 2. The number of aromatic nitrogens is 3. The maximum Gasteiger partial charge on any atom is 0.230 e. The fourth-order valence-electron chi connectivity index (χ4n) is 2.24. The Morgan fingerprint density at radius 1 is 1.19 bits per heavy atom. The second-order valence-electron chi connectivity index (χ2n) is 5.72. The van der Waals surface area contributed by atoms with Gasteiger partial charge in [-0.15, -0.1) is 5.10 Å². The third-order valence-corrected chi connectivity index (χ3v) is 4.39. The minimum Gasteiger partial charge on any atom is -0.486 e. The summed E-state index contributed by atoms with van der Waals surface area (Å²) in [7, 11) is 0. The monoisotopic (exact) mass is 368 g/mol. The van der Waals surface area contributed by atoms with E-state index < -0.39 is 0 Å². The molecule has 134 valence electrons. The minimum absolute atomic E-state index is 0.0544. The fourth-order valence-corrected chi connectivity index (χ4v) is 2.89. The number of thioether (sulfide) groups is 1. The quantitative estimate of drug-likeness (QED) is 0.597. The predicted octanol–water partition coefficient (Wildman–Crippen LogP) is 3.10. The van der Waals surface area contributed by atoms with Crippen molar-refractivity contribution in [2.75, 3.05) is 5.75 Å². The maximum absolute atomic E-state index is 11.9. The molecule has 1 amide bonds. The highest BCUT2D eigenvalue weighted by Gasteiger charge is 2.08. The molecule has 3 aromatic rings. The summed E-state index contributed by atoms with van der Waals surface area (Å²) in [6.45, 7) is 2.83. The van der Waals surface area contributed by atoms with Gasteiger partial charge in [0.2, 0.25) is 11.1 Å². The Kier molecular flexibility index (Phi) is 6.27. The van der Waals surface area contributed by atoms with E-state index >= 15 is 0 Å². The summed E-state index contributed by atoms with van der Waals surface area (Å²) in [6.07, 6.45) is 0. The van der Waals surface area contributed by atoms with Crippen LogP contribution in [0, 0.1) is 6.92 Å². The van der Waals surface area contributed by atoms with E-state index in [4.69, 9.17) is 4.74 Å². The number of rotatable bonds is 8. The van der Waals surface area contributed by atoms with E-state index in [1.54, 1.807) is 0 Å². The molecule has 0 aliphatic heterocycles. The molecule has 2 N–H and O–H groups in total. The third-order valence-electron chi connectivity index (χ3n) is 3.54. The van der Waals surface area contributed by atoms with E-state index in [0.717, 1.165) is 16.9 Å². The average Bonchev–Trinajstić information content (AvgIpc) is 3.12. The molecule has 0 aliphatic rings. The molecule has 0 saturated carbocycles. The van der Waals surface area contributed by atoms with E-state index in [2.05, 4.69) is 20.5 Å². The second-order valence-corrected chi connectivity index (χ2v) is 6.66. The van der Waals surface area contributed by atoms with Crippen LogP contribution in [0.4, 0.5) is 0 Å². The first kappa shape index (κ1) is 18.0. The first-order valence-electron chi connectivity index (χ1n) is 8.23. The van der Waals surface area contributed by atoms with E-state index in [0.29, 0.717) is 24.1 Å². The molecule has 26 heavy (non-hydrogen) atoms. The van der Waals surface area contributed by atoms with E-state index in [9.17, 15) is 4.79 Å². The average molecular weight is 368 g/mol. The van der Waals surface area contributed by atoms with Crippen molar-refractivity contribution in [1.82, 2.24) is 20.5 Å². The van der Waals surface area contributed by atoms with Crippen LogP contribution >= 0.6 is 11.8 Å². The van der Waals surface area contributed by atoms with Gasteiger partial charge in [0.1, 0.15) is 12.4 Å². The van der Waals surface area contributed by atoms with Crippen LogP contribution in [0.15, 0.2) is 59.8 Å². The van der Waals surface area contributed by atoms with Crippen LogP contribution in [-0.4, -0.2) is 26.8 Å². The first-order chi connectivity index (χ1) is 12.7. The normalized spacial score (nSPS) is 10.5. The number of nitrogens with one attached hydrogen (secondary N) is 2. The zero-order chi connectivity index (χ0) is 18.2. The number of carbonyl (C=O) groups excluding carboxylic acids is 1. The fraction of sp³-hybridized carbons (Fsp3) is 0.211. The lowest BCUT2D eigenvalue weighted by molar-refractivity contribution is -0.118. The number of aryl methyl sites for hydroxylation is 1. The molecular weight excluding hydrogens is 348 g/mol. The van der Waals surface area contributed by atoms with Gasteiger partial charge in [0.05, 0.1) is 5.75 Å². The van der Waals surface area contributed by atoms with Crippen LogP contribution in [0.3, 0.4) is 0 Å². The summed E-state index contributed by atoms with van der Waals surface area (Å²) in [5, 5.41) is 10.3. The van der Waals surface area contributed by atoms with Crippen molar-refractivity contribution in [3.8, 4) is 5.75 Å². The van der Waals surface area contributed by atoms with Gasteiger partial charge in [0.25, 0.3) is 0 Å². The molecule has 7 heteroatoms. The number of hydrogen-bond acceptors (Lipinski definition) is 5. The molecule has 0 saturated heterocycles. The zero-order valence-corrected chi connectivity index (χ0v) is 15.3. The highest BCUT2D eigenvalue weighted by molar-refractivity contribution is 7.99. The van der Waals surface area contributed by atoms with Gasteiger partial charge >= 0.3 is 0 Å². The molecule has 0 atom stereocenters. The molecule has 2 aromatic carbocycles. The van der Waals surface area contributed by atoms with Gasteiger partial charge in [-0.3, -0.25) is 9.89 Å². The van der Waals surface area contributed by atoms with E-state index in [-0.39, 0.29) is 11.7 Å². The van der Waals surface area contributed by atoms with Crippen molar-refractivity contribution in [2.24, 2.45) is 0 Å². The molecule has 0 bridgehead atoms. The van der Waals surface area contributed by atoms with Crippen molar-refractivity contribution in [1.29, 1.82) is 0 Å². The van der Waals surface area contributed by atoms with Gasteiger partial charge in [-0.2, -0.15) is 0 Å². The summed E-state index contributed by atoms with van der Waals surface area (Å²) in [6, 6.07) is 17.6. The summed E-state index contributed by atoms with van der Waals surface area (Å²) in [4.78, 5) is 16.2. The molecule has 0 unspecified atom stereocenters. The van der Waals surface area contributed by atoms with Gasteiger partial charge in [0.15, 0.2) is 5.82 Å². The number of benzene rings is 2. The van der Waals surface area contributed by atoms with Crippen molar-refractivity contribution in [3.05, 3.63) is 71.5 Å². The minimum atomic E-state index is -0.0544. The van der Waals surface area contributed by atoms with Crippen LogP contribution in [-0.2, 0) is 17.9 Å². The van der Waals surface area contributed by atoms with Crippen molar-refractivity contribution >= 4 is 17.7 Å². The Labute approximate surface area is 156 Å². The number of aromatic amines is 1. The molecule has 0 radical (unpaired) electrons. The molecule has 3 rings (SSSR count). The lowest BCUT2D eigenvalue weighted by Crippen LogP contribution is -2.24. The number of ether oxygens (including phenoxy) is 1. The van der Waals surface area contributed by atoms with Gasteiger partial charge in [0, 0.05) is 6.54 Å². The Hall–Kier alpha value is -2.80. The van der Waals surface area contributed by atoms with Crippen LogP contribution in [0.5, 0.6) is 5.75 Å². The topological polar surface area (TPSA) is 79.9 Å². The largest absolute Gasteiger partial charge is 0.486 e. The van der Waals surface area contributed by atoms with Crippen LogP contribution < -0.4 is 10.1 Å². The summed E-state index contributed by atoms with van der Waals surface area (Å²) in [5.74, 6) is 1.62. The van der Waals surface area contributed by atoms with Crippen molar-refractivity contribution < 1.29 is 9.53 Å². The molecule has 1 heterocycles. The van der Waals surface area contributed by atoms with Gasteiger partial charge in [-0.25, -0.2) is 4.98 Å². The first-order valence-corrected chi connectivity index (χ1v) is 9.22. The Morgan fingerprint density at radius 3 is 2.85 bits per heavy atom. The Morgan fingerprint density at radius 2 is 2.04 bits per heavy atom. The van der Waals surface area contributed by atoms with Crippen molar-refractivity contribution in [2.45, 2.75) is 25.2 Å². The molecular formula is C19H20N4O2S. The van der Waals surface area contributed by atoms with E-state index in [1.807, 2.05) is 61.5 Å². The summed E-state index contributed by atoms with van der Waals surface area (Å²) >= 11 is 1.29. The maximum atomic E-state index is 11.9. The van der Waals surface area contributed by atoms with Crippen LogP contribution in [0.1, 0.15) is 17.0 Å². The zero-order valence-electron chi connectivity index (χ0n) is 14.4. The highest BCUT2D eigenvalue weighted by atomic mass is 32.2. The van der Waals surface area contributed by atoms with Crippen LogP contribution in [0.25, 0.3) is 0 Å². The van der Waals surface area contributed by atoms with Crippen LogP contribution in [0.2, 0.25) is 0 Å². The number of H-pyrrole nitrogens is 1. The Balaban J connectivity index is 1.41. The van der Waals surface area contributed by atoms with Gasteiger partial charge < -0.3 is 10.1 Å². The predicted molar refractivity (Wildman–Crippen MR) is 101 cm³/mol. The molecule has 0 fully saturated rings. The molecule has 0 spiro atoms. The molecule has 0 aliphatic carbocycles. The number of hydrogen-bond donors (Lipinski definition) is 2. The summed E-state index contributed by atoms with van der Waals surface area (Å²) in [5.41, 5.74) is 2.21. The van der Waals surface area contributed by atoms with Crippen molar-refractivity contribution in [3.63, 3.8) is 0 Å². The Bertz CT molecular complexity index is 852. The molecule has 6 nitrogen and oxygen atoms in total. The van der Waals surface area contributed by atoms with E-state index in [1.165, 1.54) is 11.8 Å². The van der Waals surface area contributed by atoms with Gasteiger partial charge in [-0.05, 0) is 30.2 Å². The third kappa shape index (κ3) is 5.63. The number of amides is 1. The highest BCUT2D eigenvalue weighted by Crippen LogP contribution is 2.15. The second kappa shape index (κ2) is 9.05. The standard InChI is InChI=1S/C19H20N4O2S/c1-14-6-5-9-16(10-14)25-12-17-21-19(23-22-17)26-13-18(24)20-11-15-7-3-2-4-8-15/h2-10H,11-13H2,1H3,(H,20,24)(H,21,22,23). The molecule has 1 aromatic heterocycles. The SMILES string of the molecule is Cc1cccc(OCc2nc(SCC(=O)NCc3ccccc3)n[nH]2)c1. The lowest BCUT2D eigenvalue weighted by Gasteiger charge is -2.04. The lowest BCUT2D eigenvalue weighted by atomic mass is 10.2. The smallest absolute Gasteiger partial charge is 0.230 e. The van der Waals surface area contributed by atoms with Gasteiger partial charge in [-0.1, -0.05) is 54.2 Å².